The number of likely N-dealkylation sites (tertiary alicyclic amines) is 1. The van der Waals surface area contributed by atoms with E-state index in [-0.39, 0.29) is 11.8 Å². The lowest BCUT2D eigenvalue weighted by atomic mass is 10.1. The van der Waals surface area contributed by atoms with Crippen molar-refractivity contribution >= 4 is 17.6 Å². The highest BCUT2D eigenvalue weighted by Crippen LogP contribution is 2.18. The summed E-state index contributed by atoms with van der Waals surface area (Å²) in [6.45, 7) is 7.97. The average Bonchev–Trinajstić information content (AvgIpc) is 3.28. The number of carbonyl (C=O) groups is 1. The third kappa shape index (κ3) is 7.09. The predicted molar refractivity (Wildman–Crippen MR) is 131 cm³/mol. The molecule has 0 aromatic heterocycles. The first-order chi connectivity index (χ1) is 15.6. The molecule has 32 heavy (non-hydrogen) atoms. The fraction of sp³-hybridized carbons (Fsp3) is 0.462. The van der Waals surface area contributed by atoms with Crippen LogP contribution in [-0.4, -0.2) is 43.5 Å². The van der Waals surface area contributed by atoms with Gasteiger partial charge in [0.2, 0.25) is 5.91 Å². The molecule has 2 unspecified atom stereocenters. The Bertz CT molecular complexity index is 884. The van der Waals surface area contributed by atoms with Crippen LogP contribution in [0.5, 0.6) is 0 Å². The Hall–Kier alpha value is -2.86. The van der Waals surface area contributed by atoms with E-state index in [1.807, 2.05) is 57.3 Å². The molecule has 6 nitrogen and oxygen atoms in total. The smallest absolute Gasteiger partial charge is 0.227 e. The van der Waals surface area contributed by atoms with Crippen molar-refractivity contribution in [2.75, 3.05) is 32.1 Å². The second-order valence-electron chi connectivity index (χ2n) is 8.50. The van der Waals surface area contributed by atoms with Crippen molar-refractivity contribution in [3.63, 3.8) is 0 Å². The van der Waals surface area contributed by atoms with Crippen molar-refractivity contribution in [1.82, 2.24) is 10.2 Å². The molecule has 6 heteroatoms. The molecule has 0 saturated carbocycles. The zero-order valence-electron chi connectivity index (χ0n) is 19.5. The van der Waals surface area contributed by atoms with E-state index in [1.165, 1.54) is 5.56 Å². The fourth-order valence-corrected chi connectivity index (χ4v) is 3.80. The minimum absolute atomic E-state index is 0.00962. The lowest BCUT2D eigenvalue weighted by Crippen LogP contribution is -2.39. The largest absolute Gasteiger partial charge is 0.376 e. The number of hydrogen-bond acceptors (Lipinski definition) is 3. The molecule has 2 N–H and O–H groups in total. The number of hydrogen-bond donors (Lipinski definition) is 2. The van der Waals surface area contributed by atoms with Gasteiger partial charge in [0.1, 0.15) is 0 Å². The van der Waals surface area contributed by atoms with Crippen LogP contribution in [0.15, 0.2) is 59.6 Å². The molecule has 0 spiro atoms. The number of benzene rings is 2. The van der Waals surface area contributed by atoms with E-state index in [0.717, 1.165) is 49.7 Å². The van der Waals surface area contributed by atoms with Gasteiger partial charge in [-0.25, -0.2) is 0 Å². The summed E-state index contributed by atoms with van der Waals surface area (Å²) in [5, 5.41) is 6.47. The third-order valence-corrected chi connectivity index (χ3v) is 5.97. The second kappa shape index (κ2) is 12.2. The average molecular weight is 437 g/mol. The number of carbonyl (C=O) groups excluding carboxylic acids is 1. The van der Waals surface area contributed by atoms with Crippen LogP contribution in [0.4, 0.5) is 5.69 Å². The number of nitrogens with one attached hydrogen (secondary N) is 2. The summed E-state index contributed by atoms with van der Waals surface area (Å²) in [4.78, 5) is 18.9. The Morgan fingerprint density at radius 2 is 1.97 bits per heavy atom. The lowest BCUT2D eigenvalue weighted by Gasteiger charge is -2.22. The molecule has 2 aromatic carbocycles. The van der Waals surface area contributed by atoms with Gasteiger partial charge >= 0.3 is 0 Å². The summed E-state index contributed by atoms with van der Waals surface area (Å²) < 4.78 is 5.94. The van der Waals surface area contributed by atoms with Gasteiger partial charge in [-0.05, 0) is 36.1 Å². The summed E-state index contributed by atoms with van der Waals surface area (Å²) >= 11 is 0. The predicted octanol–water partition coefficient (Wildman–Crippen LogP) is 4.29. The molecule has 1 amide bonds. The van der Waals surface area contributed by atoms with Crippen molar-refractivity contribution in [3.8, 4) is 0 Å². The molecule has 0 bridgehead atoms. The highest BCUT2D eigenvalue weighted by molar-refractivity contribution is 5.92. The van der Waals surface area contributed by atoms with Crippen LogP contribution in [0.1, 0.15) is 37.8 Å². The lowest BCUT2D eigenvalue weighted by molar-refractivity contribution is -0.119. The van der Waals surface area contributed by atoms with E-state index in [0.29, 0.717) is 19.1 Å². The molecule has 1 aliphatic rings. The standard InChI is InChI=1S/C26H36N4O2/c1-4-20(2)25(31)29-24-12-8-11-22(15-24)16-28-26(27-3)30-14-13-23(17-30)19-32-18-21-9-6-5-7-10-21/h5-12,15,20,23H,4,13-14,16-19H2,1-3H3,(H,27,28)(H,29,31). The van der Waals surface area contributed by atoms with Crippen LogP contribution in [0.25, 0.3) is 0 Å². The van der Waals surface area contributed by atoms with Gasteiger partial charge < -0.3 is 20.3 Å². The van der Waals surface area contributed by atoms with E-state index in [2.05, 4.69) is 38.7 Å². The summed E-state index contributed by atoms with van der Waals surface area (Å²) in [6, 6.07) is 18.3. The number of ether oxygens (including phenoxy) is 1. The van der Waals surface area contributed by atoms with Gasteiger partial charge in [0, 0.05) is 44.2 Å². The van der Waals surface area contributed by atoms with Crippen molar-refractivity contribution < 1.29 is 9.53 Å². The van der Waals surface area contributed by atoms with Crippen LogP contribution < -0.4 is 10.6 Å². The van der Waals surface area contributed by atoms with Gasteiger partial charge in [-0.3, -0.25) is 9.79 Å². The maximum atomic E-state index is 12.2. The van der Waals surface area contributed by atoms with Gasteiger partial charge in [0.15, 0.2) is 5.96 Å². The fourth-order valence-electron chi connectivity index (χ4n) is 3.80. The van der Waals surface area contributed by atoms with Crippen LogP contribution in [0, 0.1) is 11.8 Å². The van der Waals surface area contributed by atoms with Crippen LogP contribution in [0.3, 0.4) is 0 Å². The summed E-state index contributed by atoms with van der Waals surface area (Å²) in [7, 11) is 1.82. The Kier molecular flexibility index (Phi) is 9.11. The molecule has 2 aromatic rings. The normalized spacial score (nSPS) is 17.3. The minimum Gasteiger partial charge on any atom is -0.376 e. The molecular formula is C26H36N4O2. The highest BCUT2D eigenvalue weighted by Gasteiger charge is 2.25. The zero-order valence-corrected chi connectivity index (χ0v) is 19.5. The van der Waals surface area contributed by atoms with Crippen LogP contribution in [-0.2, 0) is 22.7 Å². The van der Waals surface area contributed by atoms with Gasteiger partial charge in [0.25, 0.3) is 0 Å². The van der Waals surface area contributed by atoms with Crippen molar-refractivity contribution in [2.24, 2.45) is 16.8 Å². The molecule has 172 valence electrons. The first-order valence-corrected chi connectivity index (χ1v) is 11.6. The molecule has 3 rings (SSSR count). The van der Waals surface area contributed by atoms with E-state index in [4.69, 9.17) is 4.74 Å². The highest BCUT2D eigenvalue weighted by atomic mass is 16.5. The molecule has 1 fully saturated rings. The van der Waals surface area contributed by atoms with E-state index in [9.17, 15) is 4.79 Å². The van der Waals surface area contributed by atoms with Crippen molar-refractivity contribution in [1.29, 1.82) is 0 Å². The molecule has 2 atom stereocenters. The summed E-state index contributed by atoms with van der Waals surface area (Å²) in [5.74, 6) is 1.49. The van der Waals surface area contributed by atoms with Gasteiger partial charge in [-0.1, -0.05) is 56.3 Å². The van der Waals surface area contributed by atoms with Gasteiger partial charge in [-0.2, -0.15) is 0 Å². The first kappa shape index (κ1) is 23.8. The number of amides is 1. The van der Waals surface area contributed by atoms with Gasteiger partial charge in [0.05, 0.1) is 13.2 Å². The third-order valence-electron chi connectivity index (χ3n) is 5.97. The van der Waals surface area contributed by atoms with E-state index >= 15 is 0 Å². The first-order valence-electron chi connectivity index (χ1n) is 11.6. The zero-order chi connectivity index (χ0) is 22.8. The maximum absolute atomic E-state index is 12.2. The van der Waals surface area contributed by atoms with Crippen LogP contribution >= 0.6 is 0 Å². The number of anilines is 1. The summed E-state index contributed by atoms with van der Waals surface area (Å²) in [6.07, 6.45) is 1.93. The van der Waals surface area contributed by atoms with Gasteiger partial charge in [-0.15, -0.1) is 0 Å². The second-order valence-corrected chi connectivity index (χ2v) is 8.50. The summed E-state index contributed by atoms with van der Waals surface area (Å²) in [5.41, 5.74) is 3.15. The minimum atomic E-state index is 0.00962. The van der Waals surface area contributed by atoms with E-state index in [1.54, 1.807) is 0 Å². The number of rotatable bonds is 9. The molecule has 0 aliphatic carbocycles. The molecular weight excluding hydrogens is 400 g/mol. The quantitative estimate of drug-likeness (QED) is 0.455. The Morgan fingerprint density at radius 3 is 2.72 bits per heavy atom. The number of guanidine groups is 1. The molecule has 0 radical (unpaired) electrons. The van der Waals surface area contributed by atoms with Crippen molar-refractivity contribution in [2.45, 2.75) is 39.8 Å². The number of aliphatic imine (C=N–C) groups is 1. The number of nitrogens with zero attached hydrogens (tertiary/aromatic N) is 2. The molecule has 1 aliphatic heterocycles. The Balaban J connectivity index is 1.45. The van der Waals surface area contributed by atoms with E-state index < -0.39 is 0 Å². The van der Waals surface area contributed by atoms with Crippen LogP contribution in [0.2, 0.25) is 0 Å². The molecule has 1 saturated heterocycles. The molecule has 1 heterocycles. The topological polar surface area (TPSA) is 66.0 Å². The monoisotopic (exact) mass is 436 g/mol. The maximum Gasteiger partial charge on any atom is 0.227 e. The van der Waals surface area contributed by atoms with Crippen molar-refractivity contribution in [3.05, 3.63) is 65.7 Å². The Morgan fingerprint density at radius 1 is 1.19 bits per heavy atom. The Labute approximate surface area is 192 Å². The SMILES string of the molecule is CCC(C)C(=O)Nc1cccc(CNC(=NC)N2CCC(COCc3ccccc3)C2)c1.